The number of amides is 2. The van der Waals surface area contributed by atoms with Crippen molar-refractivity contribution < 1.29 is 23.3 Å². The molecule has 2 unspecified atom stereocenters. The second-order valence-corrected chi connectivity index (χ2v) is 13.1. The number of halogens is 1. The minimum atomic E-state index is -2.55. The first kappa shape index (κ1) is 26.5. The molecular formula is C26H31FN5O4P. The lowest BCUT2D eigenvalue weighted by atomic mass is 9.91. The highest BCUT2D eigenvalue weighted by molar-refractivity contribution is 7.63. The van der Waals surface area contributed by atoms with Crippen LogP contribution in [0.2, 0.25) is 0 Å². The van der Waals surface area contributed by atoms with Gasteiger partial charge in [0.2, 0.25) is 5.91 Å². The summed E-state index contributed by atoms with van der Waals surface area (Å²) < 4.78 is 33.9. The van der Waals surface area contributed by atoms with E-state index >= 15 is 4.39 Å². The van der Waals surface area contributed by atoms with E-state index in [1.54, 1.807) is 50.6 Å². The van der Waals surface area contributed by atoms with E-state index in [-0.39, 0.29) is 40.5 Å². The van der Waals surface area contributed by atoms with E-state index in [0.29, 0.717) is 22.6 Å². The van der Waals surface area contributed by atoms with E-state index < -0.39 is 19.0 Å². The topological polar surface area (TPSA) is 122 Å². The van der Waals surface area contributed by atoms with Gasteiger partial charge in [-0.05, 0) is 32.2 Å². The van der Waals surface area contributed by atoms with Crippen molar-refractivity contribution in [3.8, 4) is 5.75 Å². The molecule has 11 heteroatoms. The van der Waals surface area contributed by atoms with Gasteiger partial charge in [0.1, 0.15) is 11.6 Å². The quantitative estimate of drug-likeness (QED) is 0.421. The monoisotopic (exact) mass is 527 g/mol. The fourth-order valence-electron chi connectivity index (χ4n) is 4.42. The number of carbonyl (C=O) groups is 2. The third-order valence-electron chi connectivity index (χ3n) is 6.56. The second kappa shape index (κ2) is 10.5. The number of hydrogen-bond donors (Lipinski definition) is 3. The lowest BCUT2D eigenvalue weighted by Gasteiger charge is -2.29. The van der Waals surface area contributed by atoms with Crippen LogP contribution in [0.15, 0.2) is 42.2 Å². The molecule has 2 aliphatic carbocycles. The number of allylic oxidation sites excluding steroid dienone is 4. The van der Waals surface area contributed by atoms with Crippen LogP contribution in [0.4, 0.5) is 21.6 Å². The Morgan fingerprint density at radius 2 is 1.89 bits per heavy atom. The normalized spacial score (nSPS) is 19.4. The number of nitrogens with zero attached hydrogens (tertiary/aromatic N) is 2. The van der Waals surface area contributed by atoms with Crippen molar-refractivity contribution in [3.05, 3.63) is 53.5 Å². The number of hydrogen-bond acceptors (Lipinski definition) is 7. The lowest BCUT2D eigenvalue weighted by Crippen LogP contribution is -2.22. The summed E-state index contributed by atoms with van der Waals surface area (Å²) in [5.41, 5.74) is 1.22. The third-order valence-corrected chi connectivity index (χ3v) is 8.62. The Morgan fingerprint density at radius 1 is 1.16 bits per heavy atom. The fraction of sp³-hybridized carbons (Fsp3) is 0.385. The van der Waals surface area contributed by atoms with Crippen molar-refractivity contribution >= 4 is 41.7 Å². The smallest absolute Gasteiger partial charge is 0.273 e. The number of anilines is 3. The minimum absolute atomic E-state index is 0.0143. The molecule has 2 amide bonds. The van der Waals surface area contributed by atoms with Crippen molar-refractivity contribution in [3.63, 3.8) is 0 Å². The van der Waals surface area contributed by atoms with Gasteiger partial charge >= 0.3 is 0 Å². The first-order valence-corrected chi connectivity index (χ1v) is 14.7. The highest BCUT2D eigenvalue weighted by Crippen LogP contribution is 2.52. The van der Waals surface area contributed by atoms with Crippen LogP contribution >= 0.6 is 7.14 Å². The van der Waals surface area contributed by atoms with Crippen LogP contribution in [-0.4, -0.2) is 55.2 Å². The molecule has 2 atom stereocenters. The van der Waals surface area contributed by atoms with Crippen molar-refractivity contribution in [1.29, 1.82) is 0 Å². The van der Waals surface area contributed by atoms with Crippen LogP contribution in [0.25, 0.3) is 5.57 Å². The van der Waals surface area contributed by atoms with Gasteiger partial charge in [-0.3, -0.25) is 9.59 Å². The van der Waals surface area contributed by atoms with Crippen molar-refractivity contribution in [2.24, 2.45) is 11.8 Å². The van der Waals surface area contributed by atoms with E-state index in [4.69, 9.17) is 4.74 Å². The molecular weight excluding hydrogens is 496 g/mol. The van der Waals surface area contributed by atoms with Gasteiger partial charge in [-0.1, -0.05) is 31.2 Å². The second-order valence-electron chi connectivity index (χ2n) is 9.68. The molecule has 37 heavy (non-hydrogen) atoms. The number of aromatic nitrogens is 2. The van der Waals surface area contributed by atoms with Crippen LogP contribution in [0.1, 0.15) is 35.8 Å². The van der Waals surface area contributed by atoms with Gasteiger partial charge in [0, 0.05) is 41.7 Å². The van der Waals surface area contributed by atoms with E-state index in [9.17, 15) is 14.2 Å². The maximum atomic E-state index is 15.6. The van der Waals surface area contributed by atoms with E-state index in [1.165, 1.54) is 20.2 Å². The predicted molar refractivity (Wildman–Crippen MR) is 143 cm³/mol. The first-order chi connectivity index (χ1) is 17.5. The Bertz CT molecular complexity index is 1350. The SMILES string of the molecule is CNC(=O)c1nnc(NC(=O)C2CC2)cc1Nc1cccc(C2=C(F)C(C)C(P(C)(C)=O)C=C2)c1OC. The molecule has 1 aromatic carbocycles. The van der Waals surface area contributed by atoms with Gasteiger partial charge in [0.25, 0.3) is 5.91 Å². The molecule has 0 aliphatic heterocycles. The Labute approximate surface area is 215 Å². The van der Waals surface area contributed by atoms with Gasteiger partial charge in [-0.25, -0.2) is 4.39 Å². The molecule has 1 heterocycles. The zero-order valence-corrected chi connectivity index (χ0v) is 22.4. The summed E-state index contributed by atoms with van der Waals surface area (Å²) in [6.07, 6.45) is 5.11. The number of nitrogens with one attached hydrogen (secondary N) is 3. The summed E-state index contributed by atoms with van der Waals surface area (Å²) in [5, 5.41) is 16.4. The van der Waals surface area contributed by atoms with E-state index in [0.717, 1.165) is 12.8 Å². The molecule has 2 aliphatic rings. The molecule has 0 saturated heterocycles. The number of carbonyl (C=O) groups excluding carboxylic acids is 2. The molecule has 4 rings (SSSR count). The number of ether oxygens (including phenoxy) is 1. The molecule has 1 fully saturated rings. The van der Waals surface area contributed by atoms with Gasteiger partial charge in [0.15, 0.2) is 11.5 Å². The average molecular weight is 528 g/mol. The molecule has 1 saturated carbocycles. The Morgan fingerprint density at radius 3 is 2.51 bits per heavy atom. The molecule has 3 N–H and O–H groups in total. The highest BCUT2D eigenvalue weighted by Gasteiger charge is 2.34. The standard InChI is InChI=1S/C26H31FN5O4P/c1-14-20(37(4,5)35)12-11-16(22(14)27)17-7-6-8-18(24(17)36-3)29-19-13-21(30-25(33)15-9-10-15)31-32-23(19)26(34)28-2/h6-8,11-15,20H,9-10H2,1-5H3,(H,28,34)(H2,29,30,31,33). The third kappa shape index (κ3) is 5.59. The van der Waals surface area contributed by atoms with Crippen molar-refractivity contribution in [1.82, 2.24) is 15.5 Å². The summed E-state index contributed by atoms with van der Waals surface area (Å²) in [7, 11) is 0.398. The van der Waals surface area contributed by atoms with Crippen LogP contribution in [0.5, 0.6) is 5.75 Å². The molecule has 196 valence electrons. The molecule has 0 spiro atoms. The Hall–Kier alpha value is -3.52. The number of para-hydroxylation sites is 1. The molecule has 1 aromatic heterocycles. The number of methoxy groups -OCH3 is 1. The summed E-state index contributed by atoms with van der Waals surface area (Å²) in [6.45, 7) is 5.06. The average Bonchev–Trinajstić information content (AvgIpc) is 3.70. The molecule has 9 nitrogen and oxygen atoms in total. The van der Waals surface area contributed by atoms with Gasteiger partial charge in [-0.2, -0.15) is 0 Å². The summed E-state index contributed by atoms with van der Waals surface area (Å²) in [5.74, 6) is -1.01. The van der Waals surface area contributed by atoms with Gasteiger partial charge in [-0.15, -0.1) is 10.2 Å². The van der Waals surface area contributed by atoms with Gasteiger partial charge in [0.05, 0.1) is 25.6 Å². The fourth-order valence-corrected chi connectivity index (χ4v) is 6.13. The minimum Gasteiger partial charge on any atom is -0.494 e. The van der Waals surface area contributed by atoms with Crippen LogP contribution in [0, 0.1) is 11.8 Å². The van der Waals surface area contributed by atoms with E-state index in [1.807, 2.05) is 0 Å². The summed E-state index contributed by atoms with van der Waals surface area (Å²) >= 11 is 0. The number of rotatable bonds is 8. The summed E-state index contributed by atoms with van der Waals surface area (Å²) in [6, 6.07) is 6.72. The van der Waals surface area contributed by atoms with E-state index in [2.05, 4.69) is 26.1 Å². The largest absolute Gasteiger partial charge is 0.494 e. The number of benzene rings is 1. The van der Waals surface area contributed by atoms with Gasteiger partial charge < -0.3 is 25.3 Å². The van der Waals surface area contributed by atoms with Crippen LogP contribution in [0.3, 0.4) is 0 Å². The zero-order valence-electron chi connectivity index (χ0n) is 21.5. The lowest BCUT2D eigenvalue weighted by molar-refractivity contribution is -0.117. The van der Waals surface area contributed by atoms with Crippen LogP contribution < -0.4 is 20.7 Å². The summed E-state index contributed by atoms with van der Waals surface area (Å²) in [4.78, 5) is 24.7. The highest BCUT2D eigenvalue weighted by atomic mass is 31.2. The van der Waals surface area contributed by atoms with Crippen molar-refractivity contribution in [2.75, 3.05) is 38.1 Å². The zero-order chi connectivity index (χ0) is 26.9. The Kier molecular flexibility index (Phi) is 7.50. The first-order valence-electron chi connectivity index (χ1n) is 12.0. The maximum Gasteiger partial charge on any atom is 0.273 e. The predicted octanol–water partition coefficient (Wildman–Crippen LogP) is 4.81. The molecule has 0 radical (unpaired) electrons. The maximum absolute atomic E-state index is 15.6. The van der Waals surface area contributed by atoms with Crippen molar-refractivity contribution in [2.45, 2.75) is 25.4 Å². The Balaban J connectivity index is 1.72. The molecule has 0 bridgehead atoms. The van der Waals surface area contributed by atoms with Crippen LogP contribution in [-0.2, 0) is 9.36 Å². The molecule has 2 aromatic rings.